The molecule has 0 aliphatic carbocycles. The number of rotatable bonds is 3. The minimum atomic E-state index is -0.201. The SMILES string of the molecule is CN1CCN(c2ccc3cc(C(=O)Nc4ccsc4N)cnc3c2)CC1. The molecule has 0 atom stereocenters. The number of piperazine rings is 1. The van der Waals surface area contributed by atoms with Gasteiger partial charge >= 0.3 is 0 Å². The van der Waals surface area contributed by atoms with Crippen LogP contribution < -0.4 is 16.0 Å². The van der Waals surface area contributed by atoms with Gasteiger partial charge < -0.3 is 20.9 Å². The molecule has 0 radical (unpaired) electrons. The van der Waals surface area contributed by atoms with Crippen LogP contribution in [0.15, 0.2) is 41.9 Å². The molecule has 1 aliphatic heterocycles. The van der Waals surface area contributed by atoms with E-state index in [1.807, 2.05) is 17.5 Å². The maximum atomic E-state index is 12.4. The number of nitrogen functional groups attached to an aromatic ring is 1. The largest absolute Gasteiger partial charge is 0.389 e. The van der Waals surface area contributed by atoms with Gasteiger partial charge in [0.15, 0.2) is 0 Å². The van der Waals surface area contributed by atoms with Crippen molar-refractivity contribution in [2.75, 3.05) is 49.2 Å². The first-order chi connectivity index (χ1) is 12.6. The Bertz CT molecular complexity index is 946. The van der Waals surface area contributed by atoms with Gasteiger partial charge in [-0.05, 0) is 36.7 Å². The zero-order chi connectivity index (χ0) is 18.1. The van der Waals surface area contributed by atoms with Gasteiger partial charge in [-0.15, -0.1) is 11.3 Å². The summed E-state index contributed by atoms with van der Waals surface area (Å²) in [7, 11) is 2.15. The van der Waals surface area contributed by atoms with E-state index >= 15 is 0 Å². The number of hydrogen-bond acceptors (Lipinski definition) is 6. The quantitative estimate of drug-likeness (QED) is 0.745. The van der Waals surface area contributed by atoms with Crippen molar-refractivity contribution in [3.63, 3.8) is 0 Å². The molecular formula is C19H21N5OS. The third-order valence-electron chi connectivity index (χ3n) is 4.74. The van der Waals surface area contributed by atoms with E-state index in [9.17, 15) is 4.79 Å². The van der Waals surface area contributed by atoms with E-state index in [2.05, 4.69) is 39.3 Å². The molecule has 3 aromatic rings. The molecule has 7 heteroatoms. The van der Waals surface area contributed by atoms with Crippen molar-refractivity contribution in [1.82, 2.24) is 9.88 Å². The maximum absolute atomic E-state index is 12.4. The summed E-state index contributed by atoms with van der Waals surface area (Å²) >= 11 is 1.40. The first-order valence-electron chi connectivity index (χ1n) is 8.58. The smallest absolute Gasteiger partial charge is 0.257 e. The molecule has 1 fully saturated rings. The zero-order valence-corrected chi connectivity index (χ0v) is 15.4. The summed E-state index contributed by atoms with van der Waals surface area (Å²) in [4.78, 5) is 21.6. The fourth-order valence-corrected chi connectivity index (χ4v) is 3.71. The Hall–Kier alpha value is -2.64. The van der Waals surface area contributed by atoms with Crippen molar-refractivity contribution >= 4 is 44.5 Å². The van der Waals surface area contributed by atoms with E-state index in [1.54, 1.807) is 12.3 Å². The number of fused-ring (bicyclic) bond motifs is 1. The van der Waals surface area contributed by atoms with E-state index < -0.39 is 0 Å². The fourth-order valence-electron chi connectivity index (χ4n) is 3.11. The molecular weight excluding hydrogens is 346 g/mol. The summed E-state index contributed by atoms with van der Waals surface area (Å²) in [6.07, 6.45) is 1.62. The van der Waals surface area contributed by atoms with Crippen molar-refractivity contribution in [1.29, 1.82) is 0 Å². The molecule has 2 aromatic heterocycles. The molecule has 1 saturated heterocycles. The number of nitrogens with two attached hydrogens (primary N) is 1. The minimum absolute atomic E-state index is 0.201. The van der Waals surface area contributed by atoms with Gasteiger partial charge in [0, 0.05) is 43.4 Å². The lowest BCUT2D eigenvalue weighted by molar-refractivity contribution is 0.102. The Labute approximate surface area is 156 Å². The summed E-state index contributed by atoms with van der Waals surface area (Å²) in [6, 6.07) is 9.90. The first kappa shape index (κ1) is 16.8. The van der Waals surface area contributed by atoms with Crippen molar-refractivity contribution in [3.05, 3.63) is 47.5 Å². The molecule has 3 heterocycles. The average Bonchev–Trinajstić information content (AvgIpc) is 3.06. The molecule has 0 unspecified atom stereocenters. The summed E-state index contributed by atoms with van der Waals surface area (Å²) in [5.41, 5.74) is 9.08. The van der Waals surface area contributed by atoms with Crippen LogP contribution in [0.2, 0.25) is 0 Å². The highest BCUT2D eigenvalue weighted by molar-refractivity contribution is 7.14. The van der Waals surface area contributed by atoms with Crippen LogP contribution >= 0.6 is 11.3 Å². The van der Waals surface area contributed by atoms with Crippen molar-refractivity contribution < 1.29 is 4.79 Å². The van der Waals surface area contributed by atoms with E-state index in [4.69, 9.17) is 5.73 Å². The second kappa shape index (κ2) is 6.93. The van der Waals surface area contributed by atoms with Crippen LogP contribution in [0.5, 0.6) is 0 Å². The predicted octanol–water partition coefficient (Wildman–Crippen LogP) is 2.88. The second-order valence-electron chi connectivity index (χ2n) is 6.54. The number of benzene rings is 1. The molecule has 0 bridgehead atoms. The van der Waals surface area contributed by atoms with Gasteiger partial charge in [-0.3, -0.25) is 9.78 Å². The molecule has 1 aromatic carbocycles. The van der Waals surface area contributed by atoms with E-state index in [-0.39, 0.29) is 5.91 Å². The summed E-state index contributed by atoms with van der Waals surface area (Å²) < 4.78 is 0. The number of thiophene rings is 1. The highest BCUT2D eigenvalue weighted by Gasteiger charge is 2.15. The van der Waals surface area contributed by atoms with Gasteiger partial charge in [0.05, 0.1) is 16.8 Å². The lowest BCUT2D eigenvalue weighted by atomic mass is 10.1. The van der Waals surface area contributed by atoms with Crippen molar-refractivity contribution in [3.8, 4) is 0 Å². The highest BCUT2D eigenvalue weighted by Crippen LogP contribution is 2.26. The molecule has 6 nitrogen and oxygen atoms in total. The third-order valence-corrected chi connectivity index (χ3v) is 5.49. The van der Waals surface area contributed by atoms with Gasteiger partial charge in [0.25, 0.3) is 5.91 Å². The van der Waals surface area contributed by atoms with E-state index in [0.29, 0.717) is 16.3 Å². The molecule has 0 spiro atoms. The maximum Gasteiger partial charge on any atom is 0.257 e. The number of carbonyl (C=O) groups is 1. The standard InChI is InChI=1S/C19H21N5OS/c1-23-5-7-24(8-6-23)15-3-2-13-10-14(12-21-17(13)11-15)19(25)22-16-4-9-26-18(16)20/h2-4,9-12H,5-8,20H2,1H3,(H,22,25). The minimum Gasteiger partial charge on any atom is -0.389 e. The fraction of sp³-hybridized carbons (Fsp3) is 0.263. The summed E-state index contributed by atoms with van der Waals surface area (Å²) in [6.45, 7) is 4.17. The Balaban J connectivity index is 1.55. The van der Waals surface area contributed by atoms with Gasteiger partial charge in [0.1, 0.15) is 5.00 Å². The normalized spacial score (nSPS) is 15.3. The lowest BCUT2D eigenvalue weighted by Gasteiger charge is -2.34. The highest BCUT2D eigenvalue weighted by atomic mass is 32.1. The predicted molar refractivity (Wildman–Crippen MR) is 108 cm³/mol. The van der Waals surface area contributed by atoms with Gasteiger partial charge in [-0.2, -0.15) is 0 Å². The molecule has 1 amide bonds. The van der Waals surface area contributed by atoms with Crippen molar-refractivity contribution in [2.45, 2.75) is 0 Å². The Morgan fingerprint density at radius 1 is 1.19 bits per heavy atom. The van der Waals surface area contributed by atoms with Crippen molar-refractivity contribution in [2.24, 2.45) is 0 Å². The first-order valence-corrected chi connectivity index (χ1v) is 9.46. The topological polar surface area (TPSA) is 74.5 Å². The van der Waals surface area contributed by atoms with Gasteiger partial charge in [-0.1, -0.05) is 6.07 Å². The van der Waals surface area contributed by atoms with Crippen LogP contribution in [0.3, 0.4) is 0 Å². The Morgan fingerprint density at radius 2 is 2.00 bits per heavy atom. The summed E-state index contributed by atoms with van der Waals surface area (Å²) in [5.74, 6) is -0.201. The second-order valence-corrected chi connectivity index (χ2v) is 7.49. The van der Waals surface area contributed by atoms with E-state index in [1.165, 1.54) is 17.0 Å². The van der Waals surface area contributed by atoms with Crippen LogP contribution in [0, 0.1) is 0 Å². The number of carbonyl (C=O) groups excluding carboxylic acids is 1. The van der Waals surface area contributed by atoms with Crippen LogP contribution in [0.1, 0.15) is 10.4 Å². The number of pyridine rings is 1. The van der Waals surface area contributed by atoms with Crippen LogP contribution in [-0.4, -0.2) is 49.0 Å². The molecule has 1 aliphatic rings. The number of hydrogen-bond donors (Lipinski definition) is 2. The molecule has 4 rings (SSSR count). The third kappa shape index (κ3) is 3.36. The lowest BCUT2D eigenvalue weighted by Crippen LogP contribution is -2.44. The molecule has 26 heavy (non-hydrogen) atoms. The number of aromatic nitrogens is 1. The van der Waals surface area contributed by atoms with E-state index in [0.717, 1.165) is 37.1 Å². The molecule has 3 N–H and O–H groups in total. The van der Waals surface area contributed by atoms with Crippen LogP contribution in [0.4, 0.5) is 16.4 Å². The van der Waals surface area contributed by atoms with Gasteiger partial charge in [-0.25, -0.2) is 0 Å². The average molecular weight is 367 g/mol. The summed E-state index contributed by atoms with van der Waals surface area (Å²) in [5, 5.41) is 6.24. The van der Waals surface area contributed by atoms with Crippen LogP contribution in [0.25, 0.3) is 10.9 Å². The number of nitrogens with zero attached hydrogens (tertiary/aromatic N) is 3. The van der Waals surface area contributed by atoms with Gasteiger partial charge in [0.2, 0.25) is 0 Å². The Kier molecular flexibility index (Phi) is 4.48. The zero-order valence-electron chi connectivity index (χ0n) is 14.6. The Morgan fingerprint density at radius 3 is 2.73 bits per heavy atom. The molecule has 0 saturated carbocycles. The molecule has 134 valence electrons. The number of anilines is 3. The number of nitrogens with one attached hydrogen (secondary N) is 1. The van der Waals surface area contributed by atoms with Crippen LogP contribution in [-0.2, 0) is 0 Å². The monoisotopic (exact) mass is 367 g/mol. The number of amides is 1. The number of likely N-dealkylation sites (N-methyl/N-ethyl adjacent to an activating group) is 1.